The number of nitrogens with one attached hydrogen (secondary N) is 1. The van der Waals surface area contributed by atoms with Crippen LogP contribution in [-0.4, -0.2) is 29.3 Å². The van der Waals surface area contributed by atoms with Gasteiger partial charge < -0.3 is 10.1 Å². The third-order valence-corrected chi connectivity index (χ3v) is 4.16. The largest absolute Gasteiger partial charge is 0.444 e. The molecule has 5 nitrogen and oxygen atoms in total. The molecule has 0 radical (unpaired) electrons. The summed E-state index contributed by atoms with van der Waals surface area (Å²) in [6, 6.07) is 7.19. The van der Waals surface area contributed by atoms with Crippen molar-refractivity contribution in [2.45, 2.75) is 65.0 Å². The fourth-order valence-corrected chi connectivity index (χ4v) is 3.01. The van der Waals surface area contributed by atoms with Crippen LogP contribution in [0.25, 0.3) is 0 Å². The summed E-state index contributed by atoms with van der Waals surface area (Å²) >= 11 is 0. The first-order chi connectivity index (χ1) is 11.7. The predicted molar refractivity (Wildman–Crippen MR) is 95.7 cm³/mol. The average molecular weight is 345 g/mol. The van der Waals surface area contributed by atoms with Crippen molar-refractivity contribution in [3.8, 4) is 0 Å². The van der Waals surface area contributed by atoms with Crippen LogP contribution in [0.4, 0.5) is 4.79 Å². The minimum Gasteiger partial charge on any atom is -0.444 e. The third-order valence-electron chi connectivity index (χ3n) is 4.16. The number of carbonyl (C=O) groups is 3. The first-order valence-corrected chi connectivity index (χ1v) is 8.81. The van der Waals surface area contributed by atoms with Gasteiger partial charge in [-0.3, -0.25) is 9.59 Å². The molecule has 1 aliphatic carbocycles. The lowest BCUT2D eigenvalue weighted by atomic mass is 9.94. The number of benzene rings is 1. The molecule has 1 aromatic rings. The Kier molecular flexibility index (Phi) is 5.98. The topological polar surface area (TPSA) is 72.5 Å². The minimum atomic E-state index is -0.524. The highest BCUT2D eigenvalue weighted by Crippen LogP contribution is 2.25. The Morgan fingerprint density at radius 2 is 1.88 bits per heavy atom. The van der Waals surface area contributed by atoms with Crippen molar-refractivity contribution in [1.29, 1.82) is 0 Å². The lowest BCUT2D eigenvalue weighted by Gasteiger charge is -2.22. The number of amides is 1. The van der Waals surface area contributed by atoms with E-state index in [9.17, 15) is 14.4 Å². The van der Waals surface area contributed by atoms with Gasteiger partial charge in [0.05, 0.1) is 5.92 Å². The van der Waals surface area contributed by atoms with Crippen LogP contribution in [0.5, 0.6) is 0 Å². The summed E-state index contributed by atoms with van der Waals surface area (Å²) in [5, 5.41) is 2.80. The Balaban J connectivity index is 1.90. The summed E-state index contributed by atoms with van der Waals surface area (Å²) in [7, 11) is 0. The number of carbonyl (C=O) groups excluding carboxylic acids is 3. The Bertz CT molecular complexity index is 643. The van der Waals surface area contributed by atoms with Crippen LogP contribution in [0.3, 0.4) is 0 Å². The molecule has 25 heavy (non-hydrogen) atoms. The van der Waals surface area contributed by atoms with Gasteiger partial charge in [-0.1, -0.05) is 24.3 Å². The molecule has 0 heterocycles. The molecular formula is C20H27NO4. The van der Waals surface area contributed by atoms with E-state index in [1.165, 1.54) is 0 Å². The Labute approximate surface area is 149 Å². The zero-order chi connectivity index (χ0) is 18.6. The van der Waals surface area contributed by atoms with Gasteiger partial charge in [0.2, 0.25) is 0 Å². The monoisotopic (exact) mass is 345 g/mol. The zero-order valence-electron chi connectivity index (χ0n) is 15.4. The van der Waals surface area contributed by atoms with Crippen molar-refractivity contribution >= 4 is 17.7 Å². The van der Waals surface area contributed by atoms with Crippen molar-refractivity contribution in [1.82, 2.24) is 5.32 Å². The number of ether oxygens (including phenoxy) is 1. The van der Waals surface area contributed by atoms with Crippen molar-refractivity contribution in [3.05, 3.63) is 35.4 Å². The lowest BCUT2D eigenvalue weighted by Crippen LogP contribution is -2.38. The van der Waals surface area contributed by atoms with Gasteiger partial charge in [0.25, 0.3) is 0 Å². The molecule has 2 unspecified atom stereocenters. The third kappa shape index (κ3) is 5.69. The van der Waals surface area contributed by atoms with Gasteiger partial charge >= 0.3 is 6.09 Å². The molecule has 0 spiro atoms. The number of hydrogen-bond donors (Lipinski definition) is 1. The SMILES string of the molecule is CC(Cc1ccc(C(=O)C2CCCC2=O)cc1)NC(=O)OC(C)(C)C. The second-order valence-corrected chi connectivity index (χ2v) is 7.72. The van der Waals surface area contributed by atoms with E-state index in [1.807, 2.05) is 39.8 Å². The van der Waals surface area contributed by atoms with Crippen LogP contribution < -0.4 is 5.32 Å². The molecule has 0 aromatic heterocycles. The molecular weight excluding hydrogens is 318 g/mol. The molecule has 0 bridgehead atoms. The van der Waals surface area contributed by atoms with Crippen LogP contribution in [0.1, 0.15) is 62.9 Å². The number of ketones is 2. The molecule has 1 saturated carbocycles. The Hall–Kier alpha value is -2.17. The van der Waals surface area contributed by atoms with Gasteiger partial charge in [-0.15, -0.1) is 0 Å². The second kappa shape index (κ2) is 7.81. The molecule has 0 aliphatic heterocycles. The van der Waals surface area contributed by atoms with Crippen molar-refractivity contribution < 1.29 is 19.1 Å². The highest BCUT2D eigenvalue weighted by molar-refractivity contribution is 6.11. The van der Waals surface area contributed by atoms with Crippen LogP contribution in [0, 0.1) is 5.92 Å². The van der Waals surface area contributed by atoms with E-state index in [4.69, 9.17) is 4.74 Å². The van der Waals surface area contributed by atoms with E-state index >= 15 is 0 Å². The van der Waals surface area contributed by atoms with E-state index in [-0.39, 0.29) is 17.6 Å². The average Bonchev–Trinajstić information content (AvgIpc) is 2.91. The molecule has 1 aromatic carbocycles. The smallest absolute Gasteiger partial charge is 0.407 e. The molecule has 1 aliphatic rings. The van der Waals surface area contributed by atoms with Gasteiger partial charge in [-0.25, -0.2) is 4.79 Å². The number of rotatable bonds is 5. The summed E-state index contributed by atoms with van der Waals surface area (Å²) < 4.78 is 5.24. The molecule has 2 atom stereocenters. The fourth-order valence-electron chi connectivity index (χ4n) is 3.01. The number of hydrogen-bond acceptors (Lipinski definition) is 4. The van der Waals surface area contributed by atoms with Gasteiger partial charge in [0.1, 0.15) is 11.4 Å². The lowest BCUT2D eigenvalue weighted by molar-refractivity contribution is -0.119. The molecule has 0 saturated heterocycles. The zero-order valence-corrected chi connectivity index (χ0v) is 15.4. The predicted octanol–water partition coefficient (Wildman–Crippen LogP) is 3.69. The Morgan fingerprint density at radius 1 is 1.24 bits per heavy atom. The molecule has 2 rings (SSSR count). The van der Waals surface area contributed by atoms with Crippen LogP contribution in [-0.2, 0) is 16.0 Å². The minimum absolute atomic E-state index is 0.0595. The summed E-state index contributed by atoms with van der Waals surface area (Å²) in [5.41, 5.74) is 1.07. The van der Waals surface area contributed by atoms with Crippen molar-refractivity contribution in [3.63, 3.8) is 0 Å². The maximum Gasteiger partial charge on any atom is 0.407 e. The fraction of sp³-hybridized carbons (Fsp3) is 0.550. The Morgan fingerprint density at radius 3 is 2.40 bits per heavy atom. The standard InChI is InChI=1S/C20H27NO4/c1-13(21-19(24)25-20(2,3)4)12-14-8-10-15(11-9-14)18(23)16-6-5-7-17(16)22/h8-11,13,16H,5-7,12H2,1-4H3,(H,21,24). The normalized spacial score (nSPS) is 18.7. The van der Waals surface area contributed by atoms with E-state index in [0.29, 0.717) is 24.8 Å². The number of Topliss-reactive ketones (excluding diaryl/α,β-unsaturated/α-hetero) is 2. The van der Waals surface area contributed by atoms with Crippen molar-refractivity contribution in [2.75, 3.05) is 0 Å². The molecule has 1 fully saturated rings. The maximum absolute atomic E-state index is 12.4. The quantitative estimate of drug-likeness (QED) is 0.652. The van der Waals surface area contributed by atoms with Gasteiger partial charge in [-0.05, 0) is 52.5 Å². The first-order valence-electron chi connectivity index (χ1n) is 8.81. The maximum atomic E-state index is 12.4. The summed E-state index contributed by atoms with van der Waals surface area (Å²) in [4.78, 5) is 35.9. The summed E-state index contributed by atoms with van der Waals surface area (Å²) in [6.07, 6.45) is 2.18. The van der Waals surface area contributed by atoms with Gasteiger partial charge in [0, 0.05) is 18.0 Å². The van der Waals surface area contributed by atoms with Crippen molar-refractivity contribution in [2.24, 2.45) is 5.92 Å². The molecule has 136 valence electrons. The van der Waals surface area contributed by atoms with E-state index in [1.54, 1.807) is 12.1 Å². The van der Waals surface area contributed by atoms with Crippen LogP contribution in [0.2, 0.25) is 0 Å². The van der Waals surface area contributed by atoms with E-state index < -0.39 is 17.6 Å². The summed E-state index contributed by atoms with van der Waals surface area (Å²) in [6.45, 7) is 7.37. The van der Waals surface area contributed by atoms with E-state index in [0.717, 1.165) is 12.0 Å². The van der Waals surface area contributed by atoms with Crippen LogP contribution >= 0.6 is 0 Å². The number of alkyl carbamates (subject to hydrolysis) is 1. The molecule has 5 heteroatoms. The second-order valence-electron chi connectivity index (χ2n) is 7.72. The van der Waals surface area contributed by atoms with Gasteiger partial charge in [-0.2, -0.15) is 0 Å². The molecule has 1 amide bonds. The highest BCUT2D eigenvalue weighted by Gasteiger charge is 2.31. The first kappa shape index (κ1) is 19.2. The van der Waals surface area contributed by atoms with E-state index in [2.05, 4.69) is 5.32 Å². The van der Waals surface area contributed by atoms with Crippen LogP contribution in [0.15, 0.2) is 24.3 Å². The highest BCUT2D eigenvalue weighted by atomic mass is 16.6. The molecule has 1 N–H and O–H groups in total. The summed E-state index contributed by atoms with van der Waals surface area (Å²) in [5.74, 6) is -0.475. The van der Waals surface area contributed by atoms with Gasteiger partial charge in [0.15, 0.2) is 5.78 Å².